The zero-order chi connectivity index (χ0) is 18.3. The van der Waals surface area contributed by atoms with Crippen molar-refractivity contribution in [2.75, 3.05) is 38.1 Å². The molecule has 2 fully saturated rings. The van der Waals surface area contributed by atoms with E-state index in [4.69, 9.17) is 23.2 Å². The minimum Gasteiger partial charge on any atom is -0.304 e. The van der Waals surface area contributed by atoms with Crippen molar-refractivity contribution in [3.8, 4) is 0 Å². The first-order valence-electron chi connectivity index (χ1n) is 8.49. The van der Waals surface area contributed by atoms with E-state index >= 15 is 0 Å². The van der Waals surface area contributed by atoms with E-state index in [2.05, 4.69) is 27.0 Å². The highest BCUT2D eigenvalue weighted by Gasteiger charge is 2.49. The summed E-state index contributed by atoms with van der Waals surface area (Å²) < 4.78 is 0. The van der Waals surface area contributed by atoms with Crippen LogP contribution < -0.4 is 4.90 Å². The van der Waals surface area contributed by atoms with E-state index in [1.54, 1.807) is 17.0 Å². The monoisotopic (exact) mass is 411 g/mol. The Hall–Kier alpha value is -1.25. The average Bonchev–Trinajstić information content (AvgIpc) is 3.09. The van der Waals surface area contributed by atoms with E-state index < -0.39 is 5.38 Å². The second-order valence-corrected chi connectivity index (χ2v) is 8.61. The summed E-state index contributed by atoms with van der Waals surface area (Å²) in [6, 6.07) is 7.17. The number of rotatable bonds is 4. The number of carbonyl (C=O) groups excluding carboxylic acids is 1. The van der Waals surface area contributed by atoms with Crippen LogP contribution in [0.25, 0.3) is 0 Å². The fourth-order valence-electron chi connectivity index (χ4n) is 3.25. The first-order chi connectivity index (χ1) is 12.5. The molecule has 3 heterocycles. The molecule has 0 saturated carbocycles. The second-order valence-electron chi connectivity index (χ2n) is 6.66. The number of piperazine rings is 1. The topological polar surface area (TPSA) is 52.6 Å². The van der Waals surface area contributed by atoms with Crippen molar-refractivity contribution >= 4 is 45.6 Å². The molecule has 1 aromatic carbocycles. The molecule has 0 aliphatic carbocycles. The number of hydrogen-bond donors (Lipinski definition) is 0. The maximum atomic E-state index is 12.3. The molecular formula is C17H19Cl2N5OS. The van der Waals surface area contributed by atoms with Crippen LogP contribution >= 0.6 is 34.5 Å². The number of aromatic nitrogens is 2. The van der Waals surface area contributed by atoms with Gasteiger partial charge in [-0.25, -0.2) is 0 Å². The third kappa shape index (κ3) is 3.46. The summed E-state index contributed by atoms with van der Waals surface area (Å²) in [7, 11) is 2.13. The molecule has 2 atom stereocenters. The zero-order valence-electron chi connectivity index (χ0n) is 14.3. The SMILES string of the molecule is CN1CCN(Cc2nnc(N3C(=O)C(Cl)C3c3ccc(Cl)cc3)s2)CC1. The van der Waals surface area contributed by atoms with Crippen molar-refractivity contribution in [3.63, 3.8) is 0 Å². The lowest BCUT2D eigenvalue weighted by Crippen LogP contribution is -2.56. The number of alkyl halides is 1. The molecule has 2 aromatic rings. The largest absolute Gasteiger partial charge is 0.304 e. The summed E-state index contributed by atoms with van der Waals surface area (Å²) in [5.74, 6) is -0.131. The number of carbonyl (C=O) groups is 1. The van der Waals surface area contributed by atoms with E-state index in [1.165, 1.54) is 11.3 Å². The van der Waals surface area contributed by atoms with E-state index in [-0.39, 0.29) is 11.9 Å². The summed E-state index contributed by atoms with van der Waals surface area (Å²) in [6.45, 7) is 4.92. The van der Waals surface area contributed by atoms with Crippen LogP contribution in [0.2, 0.25) is 5.02 Å². The van der Waals surface area contributed by atoms with Crippen LogP contribution in [0.1, 0.15) is 16.6 Å². The van der Waals surface area contributed by atoms with Crippen molar-refractivity contribution in [2.24, 2.45) is 0 Å². The Labute approximate surface area is 166 Å². The van der Waals surface area contributed by atoms with Crippen molar-refractivity contribution in [2.45, 2.75) is 18.0 Å². The van der Waals surface area contributed by atoms with Crippen LogP contribution in [0.15, 0.2) is 24.3 Å². The summed E-state index contributed by atoms with van der Waals surface area (Å²) >= 11 is 13.7. The maximum Gasteiger partial charge on any atom is 0.250 e. The molecule has 0 spiro atoms. The van der Waals surface area contributed by atoms with Gasteiger partial charge >= 0.3 is 0 Å². The molecule has 2 unspecified atom stereocenters. The van der Waals surface area contributed by atoms with Gasteiger partial charge in [-0.15, -0.1) is 21.8 Å². The number of halogens is 2. The van der Waals surface area contributed by atoms with Crippen LogP contribution in [0.4, 0.5) is 5.13 Å². The van der Waals surface area contributed by atoms with Gasteiger partial charge in [0.2, 0.25) is 11.0 Å². The number of benzene rings is 1. The molecule has 2 saturated heterocycles. The lowest BCUT2D eigenvalue weighted by atomic mass is 9.94. The molecule has 6 nitrogen and oxygen atoms in total. The first-order valence-corrected chi connectivity index (χ1v) is 10.1. The molecule has 9 heteroatoms. The Morgan fingerprint density at radius 2 is 1.85 bits per heavy atom. The Balaban J connectivity index is 1.48. The molecule has 0 radical (unpaired) electrons. The minimum absolute atomic E-state index is 0.131. The average molecular weight is 412 g/mol. The third-order valence-corrected chi connectivity index (χ3v) is 6.44. The molecule has 1 amide bonds. The summed E-state index contributed by atoms with van der Waals surface area (Å²) in [4.78, 5) is 18.7. The highest BCUT2D eigenvalue weighted by molar-refractivity contribution is 7.15. The summed E-state index contributed by atoms with van der Waals surface area (Å²) in [5.41, 5.74) is 0.949. The second kappa shape index (κ2) is 7.40. The fraction of sp³-hybridized carbons (Fsp3) is 0.471. The first kappa shape index (κ1) is 18.1. The molecule has 2 aliphatic rings. The summed E-state index contributed by atoms with van der Waals surface area (Å²) in [6.07, 6.45) is 0. The van der Waals surface area contributed by atoms with E-state index in [9.17, 15) is 4.79 Å². The Bertz CT molecular complexity index is 791. The number of nitrogens with zero attached hydrogens (tertiary/aromatic N) is 5. The standard InChI is InChI=1S/C17H19Cl2N5OS/c1-22-6-8-23(9-7-22)10-13-20-21-17(26-13)24-15(14(19)16(24)25)11-2-4-12(18)5-3-11/h2-5,14-15H,6-10H2,1H3. The number of anilines is 1. The van der Waals surface area contributed by atoms with Gasteiger partial charge in [0, 0.05) is 31.2 Å². The molecule has 138 valence electrons. The van der Waals surface area contributed by atoms with Gasteiger partial charge in [-0.3, -0.25) is 14.6 Å². The third-order valence-electron chi connectivity index (χ3n) is 4.86. The molecule has 26 heavy (non-hydrogen) atoms. The van der Waals surface area contributed by atoms with Crippen LogP contribution in [0, 0.1) is 0 Å². The number of hydrogen-bond acceptors (Lipinski definition) is 6. The molecule has 0 bridgehead atoms. The zero-order valence-corrected chi connectivity index (χ0v) is 16.6. The highest BCUT2D eigenvalue weighted by atomic mass is 35.5. The van der Waals surface area contributed by atoms with Gasteiger partial charge in [-0.2, -0.15) is 0 Å². The van der Waals surface area contributed by atoms with Gasteiger partial charge in [0.1, 0.15) is 10.4 Å². The van der Waals surface area contributed by atoms with Crippen LogP contribution in [0.5, 0.6) is 0 Å². The predicted molar refractivity (Wildman–Crippen MR) is 104 cm³/mol. The smallest absolute Gasteiger partial charge is 0.250 e. The van der Waals surface area contributed by atoms with Gasteiger partial charge < -0.3 is 4.90 Å². The summed E-state index contributed by atoms with van der Waals surface area (Å²) in [5, 5.41) is 10.1. The van der Waals surface area contributed by atoms with Crippen molar-refractivity contribution in [3.05, 3.63) is 39.9 Å². The van der Waals surface area contributed by atoms with E-state index in [1.807, 2.05) is 12.1 Å². The lowest BCUT2D eigenvalue weighted by Gasteiger charge is -2.42. The maximum absolute atomic E-state index is 12.3. The van der Waals surface area contributed by atoms with E-state index in [0.29, 0.717) is 10.2 Å². The van der Waals surface area contributed by atoms with Crippen molar-refractivity contribution in [1.29, 1.82) is 0 Å². The van der Waals surface area contributed by atoms with Crippen LogP contribution in [-0.4, -0.2) is 64.5 Å². The molecule has 2 aliphatic heterocycles. The van der Waals surface area contributed by atoms with Crippen LogP contribution in [-0.2, 0) is 11.3 Å². The van der Waals surface area contributed by atoms with Gasteiger partial charge in [0.05, 0.1) is 12.6 Å². The van der Waals surface area contributed by atoms with E-state index in [0.717, 1.165) is 43.3 Å². The van der Waals surface area contributed by atoms with Gasteiger partial charge in [-0.05, 0) is 24.7 Å². The quantitative estimate of drug-likeness (QED) is 0.571. The number of β-lactam (4-membered cyclic amide) rings is 1. The Morgan fingerprint density at radius 1 is 1.15 bits per heavy atom. The molecular weight excluding hydrogens is 393 g/mol. The normalized spacial score (nSPS) is 24.7. The molecule has 1 aromatic heterocycles. The number of amides is 1. The Kier molecular flexibility index (Phi) is 5.16. The fourth-order valence-corrected chi connectivity index (χ4v) is 4.66. The van der Waals surface area contributed by atoms with Gasteiger partial charge in [0.25, 0.3) is 0 Å². The van der Waals surface area contributed by atoms with Crippen LogP contribution in [0.3, 0.4) is 0 Å². The van der Waals surface area contributed by atoms with Gasteiger partial charge in [-0.1, -0.05) is 35.1 Å². The highest BCUT2D eigenvalue weighted by Crippen LogP contribution is 2.43. The molecule has 4 rings (SSSR count). The van der Waals surface area contributed by atoms with Crippen molar-refractivity contribution in [1.82, 2.24) is 20.0 Å². The lowest BCUT2D eigenvalue weighted by molar-refractivity contribution is -0.123. The molecule has 0 N–H and O–H groups in total. The Morgan fingerprint density at radius 3 is 2.54 bits per heavy atom. The van der Waals surface area contributed by atoms with Crippen molar-refractivity contribution < 1.29 is 4.79 Å². The minimum atomic E-state index is -0.582. The predicted octanol–water partition coefficient (Wildman–Crippen LogP) is 2.63. The van der Waals surface area contributed by atoms with Gasteiger partial charge in [0.15, 0.2) is 0 Å². The number of likely N-dealkylation sites (N-methyl/N-ethyl adjacent to an activating group) is 1.